The number of nitrogens with two attached hydrogens (primary N) is 1. The van der Waals surface area contributed by atoms with Crippen LogP contribution in [-0.4, -0.2) is 37.3 Å². The summed E-state index contributed by atoms with van der Waals surface area (Å²) in [6, 6.07) is 0. The zero-order valence-electron chi connectivity index (χ0n) is 9.15. The van der Waals surface area contributed by atoms with Crippen LogP contribution >= 0.6 is 0 Å². The molecule has 0 aliphatic heterocycles. The van der Waals surface area contributed by atoms with Gasteiger partial charge in [-0.3, -0.25) is 4.57 Å². The van der Waals surface area contributed by atoms with Crippen LogP contribution in [0.2, 0.25) is 0 Å². The Morgan fingerprint density at radius 2 is 2.35 bits per heavy atom. The second-order valence-corrected chi connectivity index (χ2v) is 3.40. The first kappa shape index (κ1) is 11.5. The number of anilines is 1. The summed E-state index contributed by atoms with van der Waals surface area (Å²) < 4.78 is 7.07. The van der Waals surface area contributed by atoms with E-state index < -0.39 is 6.10 Å². The van der Waals surface area contributed by atoms with Crippen LogP contribution in [0.5, 0.6) is 0 Å². The lowest BCUT2D eigenvalue weighted by Crippen LogP contribution is -2.16. The van der Waals surface area contributed by atoms with E-state index in [0.29, 0.717) is 17.0 Å². The zero-order valence-corrected chi connectivity index (χ0v) is 9.15. The molecule has 2 heterocycles. The van der Waals surface area contributed by atoms with Crippen LogP contribution < -0.4 is 5.73 Å². The summed E-state index contributed by atoms with van der Waals surface area (Å²) in [4.78, 5) is 12.0. The van der Waals surface area contributed by atoms with Crippen molar-refractivity contribution in [3.63, 3.8) is 0 Å². The first-order valence-corrected chi connectivity index (χ1v) is 5.02. The second-order valence-electron chi connectivity index (χ2n) is 3.40. The highest BCUT2D eigenvalue weighted by Crippen LogP contribution is 2.14. The number of nitrogens with zero attached hydrogens (tertiary/aromatic N) is 4. The van der Waals surface area contributed by atoms with Gasteiger partial charge in [-0.05, 0) is 0 Å². The van der Waals surface area contributed by atoms with Gasteiger partial charge in [0.15, 0.2) is 11.5 Å². The number of imidazole rings is 1. The summed E-state index contributed by atoms with van der Waals surface area (Å²) in [6.07, 6.45) is 4.05. The van der Waals surface area contributed by atoms with Crippen molar-refractivity contribution in [1.82, 2.24) is 19.5 Å². The summed E-state index contributed by atoms with van der Waals surface area (Å²) in [7, 11) is 0. The highest BCUT2D eigenvalue weighted by atomic mass is 16.5. The molecule has 0 spiro atoms. The Morgan fingerprint density at radius 3 is 3.06 bits per heavy atom. The Balaban J connectivity index is 2.19. The Labute approximate surface area is 97.6 Å². The van der Waals surface area contributed by atoms with Crippen LogP contribution in [0.25, 0.3) is 11.2 Å². The molecule has 2 aromatic heterocycles. The molecular formula is C10H13N5O2. The minimum Gasteiger partial charge on any atom is -0.393 e. The molecule has 7 heteroatoms. The smallest absolute Gasteiger partial charge is 0.167 e. The van der Waals surface area contributed by atoms with Crippen LogP contribution in [0.4, 0.5) is 5.82 Å². The number of aromatic nitrogens is 4. The maximum absolute atomic E-state index is 8.95. The standard InChI is InChI=1S/C10H13N5O2/c1-2-7(3-16)17-6-15-5-14-8-9(11)12-4-13-10(8)15/h2,4-5,7,16H,1,3,6H2,(H2,11,12,13). The van der Waals surface area contributed by atoms with Crippen molar-refractivity contribution in [2.75, 3.05) is 12.3 Å². The molecule has 0 saturated carbocycles. The molecular weight excluding hydrogens is 222 g/mol. The largest absolute Gasteiger partial charge is 0.393 e. The van der Waals surface area contributed by atoms with Gasteiger partial charge in [-0.25, -0.2) is 15.0 Å². The van der Waals surface area contributed by atoms with Crippen LogP contribution in [-0.2, 0) is 11.5 Å². The Bertz CT molecular complexity index is 524. The highest BCUT2D eigenvalue weighted by Gasteiger charge is 2.09. The number of aliphatic hydroxyl groups is 1. The summed E-state index contributed by atoms with van der Waals surface area (Å²) in [5.41, 5.74) is 6.79. The van der Waals surface area contributed by atoms with Crippen LogP contribution in [0.1, 0.15) is 0 Å². The molecule has 0 aliphatic rings. The van der Waals surface area contributed by atoms with E-state index in [4.69, 9.17) is 15.6 Å². The van der Waals surface area contributed by atoms with Gasteiger partial charge in [-0.15, -0.1) is 6.58 Å². The fourth-order valence-electron chi connectivity index (χ4n) is 1.36. The molecule has 0 saturated heterocycles. The van der Waals surface area contributed by atoms with E-state index in [9.17, 15) is 0 Å². The maximum atomic E-state index is 8.95. The third kappa shape index (κ3) is 2.24. The zero-order chi connectivity index (χ0) is 12.3. The van der Waals surface area contributed by atoms with E-state index >= 15 is 0 Å². The lowest BCUT2D eigenvalue weighted by Gasteiger charge is -2.11. The van der Waals surface area contributed by atoms with Gasteiger partial charge in [0.2, 0.25) is 0 Å². The van der Waals surface area contributed by atoms with Gasteiger partial charge in [-0.1, -0.05) is 6.08 Å². The van der Waals surface area contributed by atoms with E-state index in [2.05, 4.69) is 21.5 Å². The lowest BCUT2D eigenvalue weighted by molar-refractivity contribution is 0.00484. The topological polar surface area (TPSA) is 99.1 Å². The van der Waals surface area contributed by atoms with Gasteiger partial charge in [0.25, 0.3) is 0 Å². The molecule has 2 rings (SSSR count). The van der Waals surface area contributed by atoms with Gasteiger partial charge in [0.05, 0.1) is 12.9 Å². The third-order valence-electron chi connectivity index (χ3n) is 2.30. The SMILES string of the molecule is C=CC(CO)OCn1cnc2c(N)ncnc21. The van der Waals surface area contributed by atoms with Crippen molar-refractivity contribution in [3.05, 3.63) is 25.3 Å². The molecule has 1 atom stereocenters. The van der Waals surface area contributed by atoms with Crippen LogP contribution in [0.15, 0.2) is 25.3 Å². The molecule has 17 heavy (non-hydrogen) atoms. The van der Waals surface area contributed by atoms with E-state index in [-0.39, 0.29) is 13.3 Å². The molecule has 0 aromatic carbocycles. The number of hydrogen-bond donors (Lipinski definition) is 2. The van der Waals surface area contributed by atoms with Crippen molar-refractivity contribution in [2.45, 2.75) is 12.8 Å². The monoisotopic (exact) mass is 235 g/mol. The molecule has 0 amide bonds. The number of aliphatic hydroxyl groups excluding tert-OH is 1. The Hall–Kier alpha value is -1.99. The number of fused-ring (bicyclic) bond motifs is 1. The fourth-order valence-corrected chi connectivity index (χ4v) is 1.36. The first-order valence-electron chi connectivity index (χ1n) is 5.02. The van der Waals surface area contributed by atoms with Gasteiger partial charge in [0, 0.05) is 0 Å². The van der Waals surface area contributed by atoms with Crippen LogP contribution in [0.3, 0.4) is 0 Å². The lowest BCUT2D eigenvalue weighted by atomic mass is 10.4. The molecule has 1 unspecified atom stereocenters. The summed E-state index contributed by atoms with van der Waals surface area (Å²) in [5.74, 6) is 0.330. The molecule has 90 valence electrons. The average Bonchev–Trinajstić information content (AvgIpc) is 2.75. The van der Waals surface area contributed by atoms with E-state index in [1.807, 2.05) is 0 Å². The van der Waals surface area contributed by atoms with Crippen molar-refractivity contribution in [1.29, 1.82) is 0 Å². The first-order chi connectivity index (χ1) is 8.26. The molecule has 0 bridgehead atoms. The van der Waals surface area contributed by atoms with Gasteiger partial charge >= 0.3 is 0 Å². The summed E-state index contributed by atoms with van der Waals surface area (Å²) in [6.45, 7) is 3.65. The minimum atomic E-state index is -0.411. The molecule has 2 aromatic rings. The number of rotatable bonds is 5. The fraction of sp³-hybridized carbons (Fsp3) is 0.300. The second kappa shape index (κ2) is 4.89. The molecule has 0 fully saturated rings. The van der Waals surface area contributed by atoms with Gasteiger partial charge in [-0.2, -0.15) is 0 Å². The van der Waals surface area contributed by atoms with Crippen molar-refractivity contribution in [2.24, 2.45) is 0 Å². The highest BCUT2D eigenvalue weighted by molar-refractivity contribution is 5.80. The average molecular weight is 235 g/mol. The van der Waals surface area contributed by atoms with Crippen molar-refractivity contribution >= 4 is 17.0 Å². The Morgan fingerprint density at radius 1 is 1.53 bits per heavy atom. The Kier molecular flexibility index (Phi) is 3.31. The van der Waals surface area contributed by atoms with E-state index in [1.165, 1.54) is 12.4 Å². The normalized spacial score (nSPS) is 12.8. The van der Waals surface area contributed by atoms with Crippen molar-refractivity contribution < 1.29 is 9.84 Å². The quantitative estimate of drug-likeness (QED) is 0.704. The van der Waals surface area contributed by atoms with Gasteiger partial charge in [0.1, 0.15) is 24.7 Å². The molecule has 7 nitrogen and oxygen atoms in total. The molecule has 0 radical (unpaired) electrons. The number of nitrogen functional groups attached to an aromatic ring is 1. The summed E-state index contributed by atoms with van der Waals surface area (Å²) in [5, 5.41) is 8.95. The minimum absolute atomic E-state index is 0.118. The van der Waals surface area contributed by atoms with Gasteiger partial charge < -0.3 is 15.6 Å². The number of hydrogen-bond acceptors (Lipinski definition) is 6. The predicted octanol–water partition coefficient (Wildman–Crippen LogP) is -0.0705. The maximum Gasteiger partial charge on any atom is 0.167 e. The summed E-state index contributed by atoms with van der Waals surface area (Å²) >= 11 is 0. The third-order valence-corrected chi connectivity index (χ3v) is 2.30. The molecule has 0 aliphatic carbocycles. The van der Waals surface area contributed by atoms with Crippen LogP contribution in [0, 0.1) is 0 Å². The van der Waals surface area contributed by atoms with E-state index in [0.717, 1.165) is 0 Å². The molecule has 3 N–H and O–H groups in total. The van der Waals surface area contributed by atoms with E-state index in [1.54, 1.807) is 10.9 Å². The predicted molar refractivity (Wildman–Crippen MR) is 61.9 cm³/mol. The van der Waals surface area contributed by atoms with Crippen molar-refractivity contribution in [3.8, 4) is 0 Å². The number of ether oxygens (including phenoxy) is 1.